The number of halogens is 4. The number of piperidine rings is 1. The van der Waals surface area contributed by atoms with Crippen LogP contribution in [0.15, 0.2) is 23.1 Å². The first-order chi connectivity index (χ1) is 11.7. The van der Waals surface area contributed by atoms with Crippen molar-refractivity contribution in [2.75, 3.05) is 19.6 Å². The smallest absolute Gasteiger partial charge is 0.314 e. The summed E-state index contributed by atoms with van der Waals surface area (Å²) in [6.45, 7) is 1.65. The second-order valence-corrected chi connectivity index (χ2v) is 8.93. The van der Waals surface area contributed by atoms with Gasteiger partial charge in [-0.05, 0) is 56.3 Å². The van der Waals surface area contributed by atoms with Gasteiger partial charge in [0.05, 0.1) is 15.5 Å². The largest absolute Gasteiger partial charge is 0.417 e. The fraction of sp³-hybridized carbons (Fsp3) is 0.625. The van der Waals surface area contributed by atoms with Gasteiger partial charge in [0.2, 0.25) is 10.0 Å². The first-order valence-electron chi connectivity index (χ1n) is 8.30. The Labute approximate surface area is 150 Å². The number of rotatable bonds is 3. The molecular weight excluding hydrogens is 377 g/mol. The molecule has 2 saturated heterocycles. The molecule has 25 heavy (non-hydrogen) atoms. The first kappa shape index (κ1) is 18.9. The van der Waals surface area contributed by atoms with Crippen LogP contribution in [0, 0.1) is 5.92 Å². The molecule has 2 fully saturated rings. The highest BCUT2D eigenvalue weighted by Crippen LogP contribution is 2.37. The summed E-state index contributed by atoms with van der Waals surface area (Å²) in [5.41, 5.74) is -1.12. The number of nitrogens with zero attached hydrogens (tertiary/aromatic N) is 1. The molecule has 3 rings (SSSR count). The molecule has 140 valence electrons. The van der Waals surface area contributed by atoms with E-state index in [1.807, 2.05) is 0 Å². The first-order valence-corrected chi connectivity index (χ1v) is 10.1. The maximum atomic E-state index is 13.0. The average Bonchev–Trinajstić information content (AvgIpc) is 3.08. The van der Waals surface area contributed by atoms with Gasteiger partial charge in [-0.3, -0.25) is 0 Å². The number of nitrogens with one attached hydrogen (secondary N) is 1. The van der Waals surface area contributed by atoms with Gasteiger partial charge in [-0.25, -0.2) is 8.42 Å². The lowest BCUT2D eigenvalue weighted by molar-refractivity contribution is -0.137. The summed E-state index contributed by atoms with van der Waals surface area (Å²) < 4.78 is 65.6. The van der Waals surface area contributed by atoms with Crippen LogP contribution in [-0.2, 0) is 16.2 Å². The molecule has 0 aromatic heterocycles. The zero-order valence-electron chi connectivity index (χ0n) is 13.5. The number of hydrogen-bond acceptors (Lipinski definition) is 3. The third-order valence-corrected chi connectivity index (χ3v) is 7.27. The SMILES string of the molecule is O=S(=O)(c1ccc(Cl)c(C(F)(F)F)c1)N1CCC(C2CCCN2)CC1. The summed E-state index contributed by atoms with van der Waals surface area (Å²) in [4.78, 5) is -0.360. The predicted molar refractivity (Wildman–Crippen MR) is 89.0 cm³/mol. The normalized spacial score (nSPS) is 23.9. The fourth-order valence-electron chi connectivity index (χ4n) is 3.66. The Morgan fingerprint density at radius 2 is 1.84 bits per heavy atom. The minimum Gasteiger partial charge on any atom is -0.314 e. The van der Waals surface area contributed by atoms with E-state index in [0.29, 0.717) is 31.1 Å². The molecular formula is C16H20ClF3N2O2S. The van der Waals surface area contributed by atoms with Gasteiger partial charge in [0.25, 0.3) is 0 Å². The maximum absolute atomic E-state index is 13.0. The van der Waals surface area contributed by atoms with E-state index in [9.17, 15) is 21.6 Å². The zero-order valence-corrected chi connectivity index (χ0v) is 15.1. The summed E-state index contributed by atoms with van der Waals surface area (Å²) in [5, 5.41) is 2.93. The lowest BCUT2D eigenvalue weighted by Gasteiger charge is -2.34. The molecule has 1 aromatic carbocycles. The Balaban J connectivity index is 1.76. The Hall–Kier alpha value is -0.830. The van der Waals surface area contributed by atoms with Crippen LogP contribution in [0.25, 0.3) is 0 Å². The second-order valence-electron chi connectivity index (χ2n) is 6.58. The number of sulfonamides is 1. The monoisotopic (exact) mass is 396 g/mol. The molecule has 1 aromatic rings. The molecule has 1 unspecified atom stereocenters. The maximum Gasteiger partial charge on any atom is 0.417 e. The van der Waals surface area contributed by atoms with Crippen molar-refractivity contribution in [3.8, 4) is 0 Å². The van der Waals surface area contributed by atoms with E-state index in [1.165, 1.54) is 4.31 Å². The average molecular weight is 397 g/mol. The molecule has 1 N–H and O–H groups in total. The van der Waals surface area contributed by atoms with Crippen molar-refractivity contribution >= 4 is 21.6 Å². The Morgan fingerprint density at radius 3 is 2.40 bits per heavy atom. The summed E-state index contributed by atoms with van der Waals surface area (Å²) in [7, 11) is -3.95. The Bertz CT molecular complexity index is 725. The van der Waals surface area contributed by atoms with E-state index >= 15 is 0 Å². The van der Waals surface area contributed by atoms with Crippen LogP contribution >= 0.6 is 11.6 Å². The zero-order chi connectivity index (χ0) is 18.2. The van der Waals surface area contributed by atoms with Crippen molar-refractivity contribution in [3.05, 3.63) is 28.8 Å². The van der Waals surface area contributed by atoms with Gasteiger partial charge in [0.1, 0.15) is 0 Å². The van der Waals surface area contributed by atoms with Crippen LogP contribution in [0.1, 0.15) is 31.2 Å². The van der Waals surface area contributed by atoms with Gasteiger partial charge >= 0.3 is 6.18 Å². The number of hydrogen-bond donors (Lipinski definition) is 1. The van der Waals surface area contributed by atoms with Crippen molar-refractivity contribution in [1.29, 1.82) is 0 Å². The number of benzene rings is 1. The van der Waals surface area contributed by atoms with Crippen LogP contribution in [0.2, 0.25) is 5.02 Å². The lowest BCUT2D eigenvalue weighted by Crippen LogP contribution is -2.43. The Kier molecular flexibility index (Phi) is 5.35. The predicted octanol–water partition coefficient (Wildman–Crippen LogP) is 3.51. The van der Waals surface area contributed by atoms with Crippen LogP contribution < -0.4 is 5.32 Å². The van der Waals surface area contributed by atoms with Crippen molar-refractivity contribution in [2.24, 2.45) is 5.92 Å². The Morgan fingerprint density at radius 1 is 1.16 bits per heavy atom. The van der Waals surface area contributed by atoms with E-state index in [-0.39, 0.29) is 4.90 Å². The van der Waals surface area contributed by atoms with Gasteiger partial charge in [-0.1, -0.05) is 11.6 Å². The second kappa shape index (κ2) is 7.06. The molecule has 0 aliphatic carbocycles. The molecule has 1 atom stereocenters. The molecule has 2 aliphatic heterocycles. The molecule has 9 heteroatoms. The molecule has 0 radical (unpaired) electrons. The minimum atomic E-state index is -4.69. The molecule has 4 nitrogen and oxygen atoms in total. The third-order valence-electron chi connectivity index (χ3n) is 5.05. The van der Waals surface area contributed by atoms with Crippen LogP contribution in [-0.4, -0.2) is 38.4 Å². The van der Waals surface area contributed by atoms with Gasteiger partial charge in [-0.15, -0.1) is 0 Å². The van der Waals surface area contributed by atoms with Crippen molar-refractivity contribution in [2.45, 2.75) is 42.8 Å². The molecule has 0 bridgehead atoms. The molecule has 0 saturated carbocycles. The topological polar surface area (TPSA) is 49.4 Å². The summed E-state index contributed by atoms with van der Waals surface area (Å²) in [5.74, 6) is 0.421. The molecule has 0 spiro atoms. The van der Waals surface area contributed by atoms with Crippen LogP contribution in [0.5, 0.6) is 0 Å². The van der Waals surface area contributed by atoms with Crippen molar-refractivity contribution < 1.29 is 21.6 Å². The van der Waals surface area contributed by atoms with Crippen LogP contribution in [0.4, 0.5) is 13.2 Å². The van der Waals surface area contributed by atoms with Gasteiger partial charge in [-0.2, -0.15) is 17.5 Å². The van der Waals surface area contributed by atoms with Gasteiger partial charge in [0.15, 0.2) is 0 Å². The highest BCUT2D eigenvalue weighted by atomic mass is 35.5. The van der Waals surface area contributed by atoms with Crippen molar-refractivity contribution in [3.63, 3.8) is 0 Å². The van der Waals surface area contributed by atoms with E-state index in [2.05, 4.69) is 5.32 Å². The van der Waals surface area contributed by atoms with E-state index in [4.69, 9.17) is 11.6 Å². The van der Waals surface area contributed by atoms with E-state index < -0.39 is 26.8 Å². The summed E-state index contributed by atoms with van der Waals surface area (Å²) in [6, 6.07) is 3.18. The molecule has 2 aliphatic rings. The minimum absolute atomic E-state index is 0.329. The molecule has 2 heterocycles. The van der Waals surface area contributed by atoms with Crippen LogP contribution in [0.3, 0.4) is 0 Å². The fourth-order valence-corrected chi connectivity index (χ4v) is 5.38. The highest BCUT2D eigenvalue weighted by molar-refractivity contribution is 7.89. The van der Waals surface area contributed by atoms with Gasteiger partial charge in [0, 0.05) is 19.1 Å². The standard InChI is InChI=1S/C16H20ClF3N2O2S/c17-14-4-3-12(10-13(14)16(18,19)20)25(23,24)22-8-5-11(6-9-22)15-2-1-7-21-15/h3-4,10-11,15,21H,1-2,5-9H2. The summed E-state index contributed by atoms with van der Waals surface area (Å²) >= 11 is 5.57. The summed E-state index contributed by atoms with van der Waals surface area (Å²) in [6.07, 6.45) is -1.02. The lowest BCUT2D eigenvalue weighted by atomic mass is 9.89. The number of alkyl halides is 3. The highest BCUT2D eigenvalue weighted by Gasteiger charge is 2.37. The quantitative estimate of drug-likeness (QED) is 0.850. The van der Waals surface area contributed by atoms with E-state index in [1.54, 1.807) is 0 Å². The van der Waals surface area contributed by atoms with Gasteiger partial charge < -0.3 is 5.32 Å². The van der Waals surface area contributed by atoms with Crippen molar-refractivity contribution in [1.82, 2.24) is 9.62 Å². The molecule has 0 amide bonds. The van der Waals surface area contributed by atoms with E-state index in [0.717, 1.165) is 44.4 Å². The third kappa shape index (κ3) is 3.97.